The lowest BCUT2D eigenvalue weighted by Gasteiger charge is -2.09. The van der Waals surface area contributed by atoms with E-state index in [4.69, 9.17) is 16.7 Å². The summed E-state index contributed by atoms with van der Waals surface area (Å²) in [6, 6.07) is 7.69. The number of benzene rings is 2. The molecule has 0 amide bonds. The van der Waals surface area contributed by atoms with E-state index in [2.05, 4.69) is 0 Å². The second kappa shape index (κ2) is 5.38. The molecule has 2 rings (SSSR count). The normalized spacial score (nSPS) is 11.3. The fourth-order valence-corrected chi connectivity index (χ4v) is 3.31. The molecule has 5 nitrogen and oxygen atoms in total. The zero-order valence-electron chi connectivity index (χ0n) is 10.9. The van der Waals surface area contributed by atoms with Gasteiger partial charge in [0.2, 0.25) is 9.84 Å². The molecule has 0 radical (unpaired) electrons. The molecular formula is C14H11ClO5S. The molecule has 0 aliphatic carbocycles. The van der Waals surface area contributed by atoms with Crippen LogP contribution in [0, 0.1) is 6.92 Å². The molecule has 2 aromatic rings. The van der Waals surface area contributed by atoms with Crippen molar-refractivity contribution in [2.75, 3.05) is 0 Å². The van der Waals surface area contributed by atoms with Gasteiger partial charge in [0, 0.05) is 5.02 Å². The van der Waals surface area contributed by atoms with Crippen LogP contribution in [0.3, 0.4) is 0 Å². The number of carbonyl (C=O) groups is 1. The van der Waals surface area contributed by atoms with E-state index in [1.54, 1.807) is 0 Å². The van der Waals surface area contributed by atoms with E-state index in [-0.39, 0.29) is 15.4 Å². The minimum atomic E-state index is -3.88. The Labute approximate surface area is 126 Å². The molecule has 0 heterocycles. The van der Waals surface area contributed by atoms with Crippen molar-refractivity contribution in [3.63, 3.8) is 0 Å². The van der Waals surface area contributed by atoms with Crippen LogP contribution in [0.1, 0.15) is 15.9 Å². The predicted octanol–water partition coefficient (Wildman–Crippen LogP) is 2.89. The lowest BCUT2D eigenvalue weighted by Crippen LogP contribution is -2.06. The molecule has 0 atom stereocenters. The van der Waals surface area contributed by atoms with Crippen molar-refractivity contribution in [3.05, 3.63) is 52.5 Å². The van der Waals surface area contributed by atoms with Crippen molar-refractivity contribution < 1.29 is 23.4 Å². The quantitative estimate of drug-likeness (QED) is 0.904. The maximum atomic E-state index is 12.5. The summed E-state index contributed by atoms with van der Waals surface area (Å²) in [5.41, 5.74) is -0.287. The van der Waals surface area contributed by atoms with Crippen molar-refractivity contribution in [2.45, 2.75) is 16.7 Å². The van der Waals surface area contributed by atoms with E-state index in [0.717, 1.165) is 6.07 Å². The van der Waals surface area contributed by atoms with Crippen LogP contribution in [0.15, 0.2) is 46.2 Å². The zero-order valence-corrected chi connectivity index (χ0v) is 12.4. The highest BCUT2D eigenvalue weighted by molar-refractivity contribution is 7.91. The van der Waals surface area contributed by atoms with Crippen LogP contribution in [-0.4, -0.2) is 24.6 Å². The molecule has 0 saturated carbocycles. The van der Waals surface area contributed by atoms with Crippen molar-refractivity contribution in [3.8, 4) is 5.75 Å². The summed E-state index contributed by atoms with van der Waals surface area (Å²) >= 11 is 5.71. The van der Waals surface area contributed by atoms with Crippen LogP contribution in [0.5, 0.6) is 5.75 Å². The molecular weight excluding hydrogens is 316 g/mol. The molecule has 0 bridgehead atoms. The third-order valence-corrected chi connectivity index (χ3v) is 4.94. The standard InChI is InChI=1S/C14H11ClO5S/c1-8-6-11(7-12(13(8)16)14(17)18)21(19,20)10-4-2-9(15)3-5-10/h2-7,16H,1H3,(H,17,18). The summed E-state index contributed by atoms with van der Waals surface area (Å²) in [7, 11) is -3.88. The van der Waals surface area contributed by atoms with Crippen LogP contribution < -0.4 is 0 Å². The van der Waals surface area contributed by atoms with Crippen molar-refractivity contribution in [2.24, 2.45) is 0 Å². The number of halogens is 1. The first kappa shape index (κ1) is 15.3. The molecule has 0 aromatic heterocycles. The highest BCUT2D eigenvalue weighted by atomic mass is 35.5. The van der Waals surface area contributed by atoms with Crippen molar-refractivity contribution in [1.29, 1.82) is 0 Å². The molecule has 0 fully saturated rings. The number of aryl methyl sites for hydroxylation is 1. The van der Waals surface area contributed by atoms with E-state index < -0.39 is 27.1 Å². The molecule has 0 saturated heterocycles. The van der Waals surface area contributed by atoms with Crippen molar-refractivity contribution in [1.82, 2.24) is 0 Å². The summed E-state index contributed by atoms with van der Waals surface area (Å²) in [6.45, 7) is 1.43. The number of carboxylic acid groups (broad SMARTS) is 1. The number of sulfone groups is 1. The molecule has 7 heteroatoms. The maximum Gasteiger partial charge on any atom is 0.339 e. The van der Waals surface area contributed by atoms with Gasteiger partial charge in [-0.3, -0.25) is 0 Å². The molecule has 0 spiro atoms. The molecule has 2 aromatic carbocycles. The average Bonchev–Trinajstić information content (AvgIpc) is 2.41. The van der Waals surface area contributed by atoms with E-state index in [1.807, 2.05) is 0 Å². The number of hydrogen-bond donors (Lipinski definition) is 2. The molecule has 21 heavy (non-hydrogen) atoms. The Kier molecular flexibility index (Phi) is 3.93. The fourth-order valence-electron chi connectivity index (χ4n) is 1.81. The zero-order chi connectivity index (χ0) is 15.8. The highest BCUT2D eigenvalue weighted by Gasteiger charge is 2.22. The van der Waals surface area contributed by atoms with E-state index in [0.29, 0.717) is 5.02 Å². The lowest BCUT2D eigenvalue weighted by molar-refractivity contribution is 0.0693. The minimum absolute atomic E-state index is 0.00618. The maximum absolute atomic E-state index is 12.5. The molecule has 0 unspecified atom stereocenters. The summed E-state index contributed by atoms with van der Waals surface area (Å²) in [6.07, 6.45) is 0. The SMILES string of the molecule is Cc1cc(S(=O)(=O)c2ccc(Cl)cc2)cc(C(=O)O)c1O. The van der Waals surface area contributed by atoms with Crippen LogP contribution >= 0.6 is 11.6 Å². The number of aromatic hydroxyl groups is 1. The van der Waals surface area contributed by atoms with Crippen LogP contribution in [-0.2, 0) is 9.84 Å². The van der Waals surface area contributed by atoms with Gasteiger partial charge < -0.3 is 10.2 Å². The Morgan fingerprint density at radius 2 is 1.67 bits per heavy atom. The van der Waals surface area contributed by atoms with Gasteiger partial charge in [-0.1, -0.05) is 11.6 Å². The largest absolute Gasteiger partial charge is 0.507 e. The number of aromatic carboxylic acids is 1. The average molecular weight is 327 g/mol. The van der Waals surface area contributed by atoms with Gasteiger partial charge in [-0.2, -0.15) is 0 Å². The molecule has 2 N–H and O–H groups in total. The van der Waals surface area contributed by atoms with Gasteiger partial charge >= 0.3 is 5.97 Å². The first-order chi connectivity index (χ1) is 9.73. The summed E-state index contributed by atoms with van der Waals surface area (Å²) in [4.78, 5) is 10.9. The molecule has 0 aliphatic rings. The van der Waals surface area contributed by atoms with Gasteiger partial charge in [0.15, 0.2) is 0 Å². The Balaban J connectivity index is 2.65. The third-order valence-electron chi connectivity index (χ3n) is 2.94. The predicted molar refractivity (Wildman–Crippen MR) is 76.7 cm³/mol. The van der Waals surface area contributed by atoms with E-state index >= 15 is 0 Å². The first-order valence-corrected chi connectivity index (χ1v) is 7.67. The van der Waals surface area contributed by atoms with Gasteiger partial charge in [-0.15, -0.1) is 0 Å². The van der Waals surface area contributed by atoms with Gasteiger partial charge in [-0.25, -0.2) is 13.2 Å². The van der Waals surface area contributed by atoms with Crippen LogP contribution in [0.4, 0.5) is 0 Å². The van der Waals surface area contributed by atoms with Gasteiger partial charge in [0.25, 0.3) is 0 Å². The Hall–Kier alpha value is -2.05. The fraction of sp³-hybridized carbons (Fsp3) is 0.0714. The second-order valence-electron chi connectivity index (χ2n) is 4.40. The first-order valence-electron chi connectivity index (χ1n) is 5.81. The summed E-state index contributed by atoms with van der Waals surface area (Å²) in [5.74, 6) is -1.85. The van der Waals surface area contributed by atoms with Gasteiger partial charge in [0.05, 0.1) is 9.79 Å². The third kappa shape index (κ3) is 2.86. The molecule has 110 valence electrons. The number of phenols is 1. The Bertz CT molecular complexity index is 810. The topological polar surface area (TPSA) is 91.7 Å². The van der Waals surface area contributed by atoms with Crippen molar-refractivity contribution >= 4 is 27.4 Å². The minimum Gasteiger partial charge on any atom is -0.507 e. The van der Waals surface area contributed by atoms with Crippen LogP contribution in [0.2, 0.25) is 5.02 Å². The molecule has 0 aliphatic heterocycles. The lowest BCUT2D eigenvalue weighted by atomic mass is 10.1. The van der Waals surface area contributed by atoms with Gasteiger partial charge in [-0.05, 0) is 48.9 Å². The smallest absolute Gasteiger partial charge is 0.339 e. The Morgan fingerprint density at radius 1 is 1.10 bits per heavy atom. The second-order valence-corrected chi connectivity index (χ2v) is 6.78. The number of carboxylic acids is 1. The van der Waals surface area contributed by atoms with Crippen LogP contribution in [0.25, 0.3) is 0 Å². The van der Waals surface area contributed by atoms with Gasteiger partial charge in [0.1, 0.15) is 11.3 Å². The monoisotopic (exact) mass is 326 g/mol. The van der Waals surface area contributed by atoms with E-state index in [9.17, 15) is 18.3 Å². The van der Waals surface area contributed by atoms with E-state index in [1.165, 1.54) is 37.3 Å². The summed E-state index contributed by atoms with van der Waals surface area (Å²) in [5, 5.41) is 19.1. The number of rotatable bonds is 3. The number of hydrogen-bond acceptors (Lipinski definition) is 4. The summed E-state index contributed by atoms with van der Waals surface area (Å²) < 4.78 is 24.9. The Morgan fingerprint density at radius 3 is 2.19 bits per heavy atom. The highest BCUT2D eigenvalue weighted by Crippen LogP contribution is 2.29.